The van der Waals surface area contributed by atoms with E-state index in [1.807, 2.05) is 75.4 Å². The number of nitrogens with zero attached hydrogens (tertiary/aromatic N) is 2. The number of nitrogens with one attached hydrogen (secondary N) is 2. The summed E-state index contributed by atoms with van der Waals surface area (Å²) in [5.74, 6) is -0.974. The highest BCUT2D eigenvalue weighted by atomic mass is 16.6. The molecule has 3 N–H and O–H groups in total. The first-order valence-corrected chi connectivity index (χ1v) is 17.5. The Morgan fingerprint density at radius 2 is 1.71 bits per heavy atom. The second kappa shape index (κ2) is 13.0. The summed E-state index contributed by atoms with van der Waals surface area (Å²) in [4.78, 5) is 60.5. The van der Waals surface area contributed by atoms with Crippen molar-refractivity contribution in [3.8, 4) is 22.8 Å². The first-order valence-electron chi connectivity index (χ1n) is 17.5. The number of likely N-dealkylation sites (tertiary alicyclic amines) is 1. The second-order valence-corrected chi connectivity index (χ2v) is 16.2. The lowest BCUT2D eigenvalue weighted by Crippen LogP contribution is -2.60. The lowest BCUT2D eigenvalue weighted by atomic mass is 9.77. The average Bonchev–Trinajstić information content (AvgIpc) is 3.57. The van der Waals surface area contributed by atoms with Crippen molar-refractivity contribution >= 4 is 34.8 Å². The molecule has 3 aromatic rings. The highest BCUT2D eigenvalue weighted by Crippen LogP contribution is 2.68. The quantitative estimate of drug-likeness (QED) is 0.254. The summed E-state index contributed by atoms with van der Waals surface area (Å²) in [6.07, 6.45) is 1.43. The van der Waals surface area contributed by atoms with Crippen LogP contribution >= 0.6 is 0 Å². The Balaban J connectivity index is 1.34. The average molecular weight is 701 g/mol. The zero-order valence-electron chi connectivity index (χ0n) is 30.4. The predicted molar refractivity (Wildman–Crippen MR) is 190 cm³/mol. The summed E-state index contributed by atoms with van der Waals surface area (Å²) in [5, 5.41) is 16.6. The van der Waals surface area contributed by atoms with Gasteiger partial charge in [-0.2, -0.15) is 0 Å². The number of fused-ring (bicyclic) bond motifs is 1. The molecule has 4 atom stereocenters. The molecule has 0 radical (unpaired) electrons. The van der Waals surface area contributed by atoms with E-state index in [1.54, 1.807) is 27.9 Å². The number of benzene rings is 2. The van der Waals surface area contributed by atoms with Crippen molar-refractivity contribution in [3.05, 3.63) is 54.6 Å². The maximum atomic E-state index is 14.5. The van der Waals surface area contributed by atoms with E-state index in [-0.39, 0.29) is 13.0 Å². The van der Waals surface area contributed by atoms with Crippen molar-refractivity contribution in [3.63, 3.8) is 0 Å². The van der Waals surface area contributed by atoms with Gasteiger partial charge in [0.1, 0.15) is 40.8 Å². The number of rotatable bonds is 9. The highest BCUT2D eigenvalue weighted by Gasteiger charge is 2.75. The molecule has 6 rings (SSSR count). The molecule has 2 saturated carbocycles. The Morgan fingerprint density at radius 1 is 1.00 bits per heavy atom. The summed E-state index contributed by atoms with van der Waals surface area (Å²) in [6.45, 7) is 10.7. The van der Waals surface area contributed by atoms with E-state index >= 15 is 0 Å². The second-order valence-electron chi connectivity index (χ2n) is 16.2. The van der Waals surface area contributed by atoms with Gasteiger partial charge >= 0.3 is 12.1 Å². The molecular weight excluding hydrogens is 652 g/mol. The number of aliphatic carboxylic acids is 1. The van der Waals surface area contributed by atoms with Gasteiger partial charge in [0.05, 0.1) is 24.9 Å². The number of ether oxygens (including phenoxy) is 3. The molecule has 3 aliphatic rings. The molecule has 1 spiro atoms. The molecule has 0 bridgehead atoms. The number of carbonyl (C=O) groups excluding carboxylic acids is 3. The largest absolute Gasteiger partial charge is 0.497 e. The molecule has 1 unspecified atom stereocenters. The van der Waals surface area contributed by atoms with Gasteiger partial charge in [-0.25, -0.2) is 14.6 Å². The molecule has 2 aliphatic carbocycles. The predicted octanol–water partition coefficient (Wildman–Crippen LogP) is 5.71. The van der Waals surface area contributed by atoms with Crippen LogP contribution in [-0.2, 0) is 19.1 Å². The van der Waals surface area contributed by atoms with Crippen molar-refractivity contribution in [2.24, 2.45) is 10.8 Å². The highest BCUT2D eigenvalue weighted by molar-refractivity contribution is 5.97. The number of carboxylic acids is 1. The molecule has 2 heterocycles. The Labute approximate surface area is 298 Å². The number of amides is 3. The minimum Gasteiger partial charge on any atom is -0.497 e. The molecule has 12 nitrogen and oxygen atoms in total. The molecule has 51 heavy (non-hydrogen) atoms. The minimum absolute atomic E-state index is 0.0192. The van der Waals surface area contributed by atoms with Gasteiger partial charge in [0.25, 0.3) is 0 Å². The molecule has 272 valence electrons. The number of methoxy groups -OCH3 is 1. The van der Waals surface area contributed by atoms with E-state index in [1.165, 1.54) is 4.90 Å². The van der Waals surface area contributed by atoms with Gasteiger partial charge in [0.2, 0.25) is 11.8 Å². The fourth-order valence-corrected chi connectivity index (χ4v) is 7.45. The molecular formula is C39H48N4O8. The Bertz CT molecular complexity index is 1850. The molecule has 2 aromatic carbocycles. The lowest BCUT2D eigenvalue weighted by molar-refractivity contribution is -0.147. The van der Waals surface area contributed by atoms with Crippen LogP contribution in [-0.4, -0.2) is 81.8 Å². The van der Waals surface area contributed by atoms with Gasteiger partial charge in [-0.1, -0.05) is 57.5 Å². The summed E-state index contributed by atoms with van der Waals surface area (Å²) < 4.78 is 17.6. The van der Waals surface area contributed by atoms with Crippen LogP contribution in [0.4, 0.5) is 4.79 Å². The standard InChI is InChI=1S/C39H48N4O8/c1-36(2,3)31(41-35(48)51-37(4,5)6)33(45)43-21-25(19-29(43)32(44)42-39(34(46)47)22-38(39)16-11-17-38)50-30-20-27(23-12-9-8-10-13-23)40-28-18-24(49-7)14-15-26(28)30/h8-10,12-15,18,20,25,29,31H,11,16-17,19,21-22H2,1-7H3,(H,41,48)(H,42,44)(H,46,47)/t25-,29+,31-,39?/m1/s1. The summed E-state index contributed by atoms with van der Waals surface area (Å²) >= 11 is 0. The van der Waals surface area contributed by atoms with Crippen molar-refractivity contribution in [2.75, 3.05) is 13.7 Å². The molecule has 12 heteroatoms. The number of hydrogen-bond acceptors (Lipinski definition) is 8. The SMILES string of the molecule is COc1ccc2c(O[C@@H]3C[C@@H](C(=O)NC4(C(=O)O)CC45CCC5)N(C(=O)[C@@H](NC(=O)OC(C)(C)C)C(C)(C)C)C3)cc(-c3ccccc3)nc2c1. The molecule has 3 amide bonds. The first-order chi connectivity index (χ1) is 23.9. The number of pyridine rings is 1. The topological polar surface area (TPSA) is 156 Å². The monoisotopic (exact) mass is 700 g/mol. The van der Waals surface area contributed by atoms with E-state index in [2.05, 4.69) is 10.6 Å². The van der Waals surface area contributed by atoms with Crippen LogP contribution in [0.2, 0.25) is 0 Å². The van der Waals surface area contributed by atoms with Crippen LogP contribution < -0.4 is 20.1 Å². The third-order valence-corrected chi connectivity index (χ3v) is 10.4. The zero-order valence-corrected chi connectivity index (χ0v) is 30.4. The van der Waals surface area contributed by atoms with E-state index in [4.69, 9.17) is 19.2 Å². The van der Waals surface area contributed by atoms with Crippen molar-refractivity contribution in [1.29, 1.82) is 0 Å². The van der Waals surface area contributed by atoms with Crippen LogP contribution in [0, 0.1) is 10.8 Å². The van der Waals surface area contributed by atoms with E-state index in [0.717, 1.165) is 30.2 Å². The zero-order chi connectivity index (χ0) is 36.9. The Hall–Kier alpha value is -4.87. The molecule has 1 aliphatic heterocycles. The third-order valence-electron chi connectivity index (χ3n) is 10.4. The summed E-state index contributed by atoms with van der Waals surface area (Å²) in [7, 11) is 1.58. The summed E-state index contributed by atoms with van der Waals surface area (Å²) in [6, 6.07) is 14.9. The summed E-state index contributed by atoms with van der Waals surface area (Å²) in [5.41, 5.74) is -1.19. The number of carbonyl (C=O) groups is 4. The van der Waals surface area contributed by atoms with E-state index in [0.29, 0.717) is 29.1 Å². The van der Waals surface area contributed by atoms with Gasteiger partial charge in [0, 0.05) is 34.9 Å². The van der Waals surface area contributed by atoms with Crippen LogP contribution in [0.25, 0.3) is 22.2 Å². The van der Waals surface area contributed by atoms with Gasteiger partial charge in [-0.05, 0) is 57.6 Å². The van der Waals surface area contributed by atoms with Crippen molar-refractivity contribution in [1.82, 2.24) is 20.5 Å². The van der Waals surface area contributed by atoms with Crippen LogP contribution in [0.3, 0.4) is 0 Å². The van der Waals surface area contributed by atoms with Crippen LogP contribution in [0.5, 0.6) is 11.5 Å². The van der Waals surface area contributed by atoms with E-state index in [9.17, 15) is 24.3 Å². The number of aromatic nitrogens is 1. The lowest BCUT2D eigenvalue weighted by Gasteiger charge is -2.36. The fraction of sp³-hybridized carbons (Fsp3) is 0.513. The first kappa shape index (κ1) is 35.9. The van der Waals surface area contributed by atoms with Gasteiger partial charge in [0.15, 0.2) is 0 Å². The van der Waals surface area contributed by atoms with Crippen LogP contribution in [0.15, 0.2) is 54.6 Å². The van der Waals surface area contributed by atoms with E-state index < -0.39 is 64.0 Å². The molecule has 1 aromatic heterocycles. The Morgan fingerprint density at radius 3 is 2.27 bits per heavy atom. The number of alkyl carbamates (subject to hydrolysis) is 1. The van der Waals surface area contributed by atoms with Gasteiger partial charge in [-0.15, -0.1) is 0 Å². The molecule has 3 fully saturated rings. The van der Waals surface area contributed by atoms with Gasteiger partial charge in [-0.3, -0.25) is 9.59 Å². The van der Waals surface area contributed by atoms with Crippen molar-refractivity contribution in [2.45, 2.75) is 103 Å². The van der Waals surface area contributed by atoms with Crippen LogP contribution in [0.1, 0.15) is 73.6 Å². The smallest absolute Gasteiger partial charge is 0.408 e. The third kappa shape index (κ3) is 7.05. The fourth-order valence-electron chi connectivity index (χ4n) is 7.45. The number of carboxylic acid groups (broad SMARTS) is 1. The normalized spacial score (nSPS) is 22.8. The number of hydrogen-bond donors (Lipinski definition) is 3. The van der Waals surface area contributed by atoms with Crippen molar-refractivity contribution < 1.29 is 38.5 Å². The molecule has 1 saturated heterocycles. The maximum Gasteiger partial charge on any atom is 0.408 e. The maximum absolute atomic E-state index is 14.5. The minimum atomic E-state index is -1.36. The Kier molecular flexibility index (Phi) is 9.18. The van der Waals surface area contributed by atoms with Gasteiger partial charge < -0.3 is 34.9 Å².